The number of carbonyl (C=O) groups excluding carboxylic acids is 1. The number of hydrogen-bond acceptors (Lipinski definition) is 3. The molecule has 0 aliphatic carbocycles. The molecule has 0 bridgehead atoms. The molecule has 1 N–H and O–H groups in total. The van der Waals surface area contributed by atoms with Crippen molar-refractivity contribution in [3.8, 4) is 0 Å². The highest BCUT2D eigenvalue weighted by atomic mass is 35.5. The molecule has 1 fully saturated rings. The molecule has 21 heavy (non-hydrogen) atoms. The highest BCUT2D eigenvalue weighted by molar-refractivity contribution is 8.00. The zero-order valence-corrected chi connectivity index (χ0v) is 14.2. The summed E-state index contributed by atoms with van der Waals surface area (Å²) in [4.78, 5) is 15.8. The largest absolute Gasteiger partial charge is 0.352 e. The predicted octanol–water partition coefficient (Wildman–Crippen LogP) is 3.42. The van der Waals surface area contributed by atoms with Crippen molar-refractivity contribution < 1.29 is 4.79 Å². The lowest BCUT2D eigenvalue weighted by Crippen LogP contribution is -2.46. The summed E-state index contributed by atoms with van der Waals surface area (Å²) in [6.07, 6.45) is 2.92. The molecular formula is C16H23ClN2OS. The molecule has 2 rings (SSSR count). The Morgan fingerprint density at radius 2 is 2.00 bits per heavy atom. The van der Waals surface area contributed by atoms with Crippen molar-refractivity contribution in [3.05, 3.63) is 29.3 Å². The van der Waals surface area contributed by atoms with Crippen molar-refractivity contribution >= 4 is 29.3 Å². The summed E-state index contributed by atoms with van der Waals surface area (Å²) in [6, 6.07) is 8.00. The van der Waals surface area contributed by atoms with Crippen LogP contribution in [0.3, 0.4) is 0 Å². The Hall–Kier alpha value is -0.710. The molecule has 3 nitrogen and oxygen atoms in total. The molecule has 1 amide bonds. The van der Waals surface area contributed by atoms with Crippen molar-refractivity contribution in [2.45, 2.75) is 42.4 Å². The van der Waals surface area contributed by atoms with E-state index >= 15 is 0 Å². The summed E-state index contributed by atoms with van der Waals surface area (Å²) in [5, 5.41) is 3.90. The molecule has 116 valence electrons. The second-order valence-corrected chi connectivity index (χ2v) is 7.27. The Kier molecular flexibility index (Phi) is 6.40. The van der Waals surface area contributed by atoms with E-state index in [4.69, 9.17) is 11.6 Å². The Labute approximate surface area is 136 Å². The molecule has 0 radical (unpaired) electrons. The van der Waals surface area contributed by atoms with Gasteiger partial charge in [0.15, 0.2) is 0 Å². The van der Waals surface area contributed by atoms with Crippen LogP contribution in [0.2, 0.25) is 5.02 Å². The molecule has 1 atom stereocenters. The Balaban J connectivity index is 1.87. The van der Waals surface area contributed by atoms with Crippen molar-refractivity contribution in [1.29, 1.82) is 0 Å². The first-order valence-electron chi connectivity index (χ1n) is 7.49. The maximum Gasteiger partial charge on any atom is 0.233 e. The van der Waals surface area contributed by atoms with Crippen LogP contribution in [0.1, 0.15) is 26.2 Å². The SMILES string of the molecule is CC[C@@H](Sc1ccc(Cl)cc1)C(=O)NC1CCN(C)CC1. The van der Waals surface area contributed by atoms with E-state index < -0.39 is 0 Å². The molecule has 0 spiro atoms. The number of amides is 1. The molecule has 1 aromatic carbocycles. The molecule has 0 saturated carbocycles. The minimum atomic E-state index is -0.0363. The fourth-order valence-corrected chi connectivity index (χ4v) is 3.54. The van der Waals surface area contributed by atoms with E-state index in [9.17, 15) is 4.79 Å². The van der Waals surface area contributed by atoms with E-state index in [2.05, 4.69) is 24.2 Å². The number of halogens is 1. The third kappa shape index (κ3) is 5.20. The number of thioether (sulfide) groups is 1. The lowest BCUT2D eigenvalue weighted by Gasteiger charge is -2.30. The molecule has 1 saturated heterocycles. The van der Waals surface area contributed by atoms with E-state index in [1.54, 1.807) is 11.8 Å². The van der Waals surface area contributed by atoms with Gasteiger partial charge < -0.3 is 10.2 Å². The highest BCUT2D eigenvalue weighted by Gasteiger charge is 2.23. The number of nitrogens with one attached hydrogen (secondary N) is 1. The summed E-state index contributed by atoms with van der Waals surface area (Å²) in [5.41, 5.74) is 0. The van der Waals surface area contributed by atoms with Gasteiger partial charge in [0, 0.05) is 16.0 Å². The number of rotatable bonds is 5. The normalized spacial score (nSPS) is 18.4. The number of nitrogens with zero attached hydrogens (tertiary/aromatic N) is 1. The molecule has 1 aliphatic heterocycles. The monoisotopic (exact) mass is 326 g/mol. The summed E-state index contributed by atoms with van der Waals surface area (Å²) in [5.74, 6) is 0.159. The van der Waals surface area contributed by atoms with Gasteiger partial charge >= 0.3 is 0 Å². The van der Waals surface area contributed by atoms with Crippen LogP contribution in [0.5, 0.6) is 0 Å². The number of benzene rings is 1. The van der Waals surface area contributed by atoms with Gasteiger partial charge in [-0.05, 0) is 63.7 Å². The van der Waals surface area contributed by atoms with Crippen molar-refractivity contribution in [2.75, 3.05) is 20.1 Å². The molecule has 1 heterocycles. The summed E-state index contributed by atoms with van der Waals surface area (Å²) in [7, 11) is 2.13. The van der Waals surface area contributed by atoms with Crippen molar-refractivity contribution in [1.82, 2.24) is 10.2 Å². The van der Waals surface area contributed by atoms with Gasteiger partial charge in [-0.3, -0.25) is 4.79 Å². The van der Waals surface area contributed by atoms with E-state index in [0.717, 1.165) is 42.3 Å². The zero-order chi connectivity index (χ0) is 15.2. The topological polar surface area (TPSA) is 32.3 Å². The third-order valence-electron chi connectivity index (χ3n) is 3.82. The fourth-order valence-electron chi connectivity index (χ4n) is 2.45. The van der Waals surface area contributed by atoms with Crippen LogP contribution in [0.4, 0.5) is 0 Å². The van der Waals surface area contributed by atoms with Crippen LogP contribution < -0.4 is 5.32 Å². The Bertz CT molecular complexity index is 458. The lowest BCUT2D eigenvalue weighted by atomic mass is 10.1. The first-order valence-corrected chi connectivity index (χ1v) is 8.75. The average molecular weight is 327 g/mol. The molecule has 1 aromatic rings. The fraction of sp³-hybridized carbons (Fsp3) is 0.562. The summed E-state index contributed by atoms with van der Waals surface area (Å²) >= 11 is 7.51. The van der Waals surface area contributed by atoms with Crippen LogP contribution in [-0.2, 0) is 4.79 Å². The van der Waals surface area contributed by atoms with E-state index in [1.807, 2.05) is 24.3 Å². The van der Waals surface area contributed by atoms with Gasteiger partial charge in [0.05, 0.1) is 5.25 Å². The van der Waals surface area contributed by atoms with Gasteiger partial charge in [-0.1, -0.05) is 18.5 Å². The average Bonchev–Trinajstić information content (AvgIpc) is 2.49. The van der Waals surface area contributed by atoms with Crippen LogP contribution in [0, 0.1) is 0 Å². The van der Waals surface area contributed by atoms with Crippen LogP contribution >= 0.6 is 23.4 Å². The maximum absolute atomic E-state index is 12.4. The smallest absolute Gasteiger partial charge is 0.233 e. The first kappa shape index (κ1) is 16.7. The Morgan fingerprint density at radius 1 is 1.38 bits per heavy atom. The lowest BCUT2D eigenvalue weighted by molar-refractivity contribution is -0.121. The molecular weight excluding hydrogens is 304 g/mol. The highest BCUT2D eigenvalue weighted by Crippen LogP contribution is 2.27. The van der Waals surface area contributed by atoms with Crippen molar-refractivity contribution in [2.24, 2.45) is 0 Å². The second-order valence-electron chi connectivity index (χ2n) is 5.55. The van der Waals surface area contributed by atoms with Gasteiger partial charge in [0.25, 0.3) is 0 Å². The predicted molar refractivity (Wildman–Crippen MR) is 90.0 cm³/mol. The summed E-state index contributed by atoms with van der Waals surface area (Å²) < 4.78 is 0. The second kappa shape index (κ2) is 8.06. The van der Waals surface area contributed by atoms with Crippen LogP contribution in [0.15, 0.2) is 29.2 Å². The first-order chi connectivity index (χ1) is 10.1. The van der Waals surface area contributed by atoms with Crippen LogP contribution in [-0.4, -0.2) is 42.2 Å². The van der Waals surface area contributed by atoms with E-state index in [0.29, 0.717) is 6.04 Å². The zero-order valence-electron chi connectivity index (χ0n) is 12.6. The molecule has 5 heteroatoms. The van der Waals surface area contributed by atoms with E-state index in [1.165, 1.54) is 0 Å². The molecule has 0 aromatic heterocycles. The number of likely N-dealkylation sites (tertiary alicyclic amines) is 1. The van der Waals surface area contributed by atoms with E-state index in [-0.39, 0.29) is 11.2 Å². The third-order valence-corrected chi connectivity index (χ3v) is 5.45. The number of carbonyl (C=O) groups is 1. The maximum atomic E-state index is 12.4. The van der Waals surface area contributed by atoms with Gasteiger partial charge in [-0.15, -0.1) is 11.8 Å². The van der Waals surface area contributed by atoms with Gasteiger partial charge in [-0.25, -0.2) is 0 Å². The quantitative estimate of drug-likeness (QED) is 0.841. The minimum Gasteiger partial charge on any atom is -0.352 e. The Morgan fingerprint density at radius 3 is 2.57 bits per heavy atom. The van der Waals surface area contributed by atoms with Gasteiger partial charge in [0.1, 0.15) is 0 Å². The molecule has 1 aliphatic rings. The van der Waals surface area contributed by atoms with Crippen LogP contribution in [0.25, 0.3) is 0 Å². The van der Waals surface area contributed by atoms with Crippen molar-refractivity contribution in [3.63, 3.8) is 0 Å². The molecule has 0 unspecified atom stereocenters. The van der Waals surface area contributed by atoms with Gasteiger partial charge in [0.2, 0.25) is 5.91 Å². The number of piperidine rings is 1. The standard InChI is InChI=1S/C16H23ClN2OS/c1-3-15(21-14-6-4-12(17)5-7-14)16(20)18-13-8-10-19(2)11-9-13/h4-7,13,15H,3,8-11H2,1-2H3,(H,18,20)/t15-/m1/s1. The van der Waals surface area contributed by atoms with Gasteiger partial charge in [-0.2, -0.15) is 0 Å². The minimum absolute atomic E-state index is 0.0363. The summed E-state index contributed by atoms with van der Waals surface area (Å²) in [6.45, 7) is 4.18. The number of hydrogen-bond donors (Lipinski definition) is 1.